The number of hydrogen-bond acceptors (Lipinski definition) is 3. The summed E-state index contributed by atoms with van der Waals surface area (Å²) in [5, 5.41) is 2.30. The first-order valence-electron chi connectivity index (χ1n) is 8.26. The van der Waals surface area contributed by atoms with Gasteiger partial charge in [0.2, 0.25) is 0 Å². The first kappa shape index (κ1) is 25.4. The van der Waals surface area contributed by atoms with Crippen molar-refractivity contribution in [3.63, 3.8) is 0 Å². The Morgan fingerprint density at radius 3 is 1.66 bits per heavy atom. The molecule has 0 bridgehead atoms. The van der Waals surface area contributed by atoms with Crippen molar-refractivity contribution in [3.05, 3.63) is 54.1 Å². The molecule has 0 aliphatic rings. The summed E-state index contributed by atoms with van der Waals surface area (Å²) in [7, 11) is 0. The number of carbonyl (C=O) groups is 1. The van der Waals surface area contributed by atoms with Crippen LogP contribution in [0.3, 0.4) is 0 Å². The highest BCUT2D eigenvalue weighted by Crippen LogP contribution is 2.36. The molecule has 2 rings (SSSR count). The second-order valence-electron chi connectivity index (χ2n) is 6.04. The Hall–Kier alpha value is -2.83. The molecule has 0 fully saturated rings. The van der Waals surface area contributed by atoms with Crippen LogP contribution in [0, 0.1) is 0 Å². The van der Waals surface area contributed by atoms with Gasteiger partial charge in [0.05, 0.1) is 0 Å². The Morgan fingerprint density at radius 2 is 1.22 bits per heavy atom. The van der Waals surface area contributed by atoms with Gasteiger partial charge in [0.15, 0.2) is 0 Å². The standard InChI is InChI=1S/C18H11ClF9NO3/c19-15(21)18(27,28)32-12-7-3-10(4-8-12)29-13(30)9-1-5-11(6-2-9)31-17(25,26)14(20)16(22,23)24/h1-8,14-15H,(H,29,30). The van der Waals surface area contributed by atoms with Crippen molar-refractivity contribution in [2.45, 2.75) is 30.2 Å². The summed E-state index contributed by atoms with van der Waals surface area (Å²) in [6.45, 7) is 0. The molecule has 2 atom stereocenters. The lowest BCUT2D eigenvalue weighted by molar-refractivity contribution is -0.304. The number of carbonyl (C=O) groups excluding carboxylic acids is 1. The summed E-state index contributed by atoms with van der Waals surface area (Å²) in [5.74, 6) is -2.14. The van der Waals surface area contributed by atoms with Crippen molar-refractivity contribution in [3.8, 4) is 11.5 Å². The largest absolute Gasteiger partial charge is 0.444 e. The molecule has 0 saturated heterocycles. The molecule has 1 N–H and O–H groups in total. The van der Waals surface area contributed by atoms with E-state index in [1.165, 1.54) is 0 Å². The van der Waals surface area contributed by atoms with Gasteiger partial charge in [-0.05, 0) is 48.5 Å². The van der Waals surface area contributed by atoms with Gasteiger partial charge in [-0.2, -0.15) is 30.7 Å². The summed E-state index contributed by atoms with van der Waals surface area (Å²) in [5.41, 5.74) is -3.20. The van der Waals surface area contributed by atoms with Gasteiger partial charge in [-0.15, -0.1) is 0 Å². The van der Waals surface area contributed by atoms with Crippen molar-refractivity contribution >= 4 is 23.2 Å². The van der Waals surface area contributed by atoms with Gasteiger partial charge in [-0.1, -0.05) is 11.6 Å². The SMILES string of the molecule is O=C(Nc1ccc(OC(F)(F)C(F)Cl)cc1)c1ccc(OC(F)(F)C(F)C(F)(F)F)cc1. The highest BCUT2D eigenvalue weighted by molar-refractivity contribution is 6.20. The Labute approximate surface area is 178 Å². The normalized spacial score (nSPS) is 14.4. The quantitative estimate of drug-likeness (QED) is 0.344. The number of anilines is 1. The number of amides is 1. The van der Waals surface area contributed by atoms with Gasteiger partial charge in [0.1, 0.15) is 11.5 Å². The van der Waals surface area contributed by atoms with Crippen LogP contribution in [0.1, 0.15) is 10.4 Å². The van der Waals surface area contributed by atoms with Gasteiger partial charge in [0, 0.05) is 11.3 Å². The molecule has 0 aliphatic carbocycles. The fourth-order valence-electron chi connectivity index (χ4n) is 2.08. The molecule has 1 amide bonds. The minimum atomic E-state index is -5.85. The second-order valence-corrected chi connectivity index (χ2v) is 6.42. The molecule has 0 aliphatic heterocycles. The van der Waals surface area contributed by atoms with Crippen LogP contribution in [-0.4, -0.2) is 36.1 Å². The highest BCUT2D eigenvalue weighted by Gasteiger charge is 2.59. The Balaban J connectivity index is 2.01. The molecular weight excluding hydrogens is 485 g/mol. The van der Waals surface area contributed by atoms with E-state index in [0.29, 0.717) is 12.1 Å². The van der Waals surface area contributed by atoms with Crippen LogP contribution >= 0.6 is 11.6 Å². The van der Waals surface area contributed by atoms with E-state index in [1.807, 2.05) is 0 Å². The number of rotatable bonds is 8. The van der Waals surface area contributed by atoms with Gasteiger partial charge >= 0.3 is 18.4 Å². The number of benzene rings is 2. The fraction of sp³-hybridized carbons (Fsp3) is 0.278. The zero-order valence-corrected chi connectivity index (χ0v) is 16.0. The molecule has 0 saturated carbocycles. The van der Waals surface area contributed by atoms with Crippen molar-refractivity contribution in [1.82, 2.24) is 0 Å². The minimum Gasteiger partial charge on any atom is -0.430 e. The Bertz CT molecular complexity index is 919. The number of nitrogens with one attached hydrogen (secondary N) is 1. The topological polar surface area (TPSA) is 47.6 Å². The molecule has 0 radical (unpaired) electrons. The van der Waals surface area contributed by atoms with E-state index < -0.39 is 47.6 Å². The summed E-state index contributed by atoms with van der Waals surface area (Å²) in [6.07, 6.45) is -19.9. The third-order valence-corrected chi connectivity index (χ3v) is 3.83. The number of halogens is 10. The van der Waals surface area contributed by atoms with Crippen LogP contribution in [0.25, 0.3) is 0 Å². The van der Waals surface area contributed by atoms with Crippen molar-refractivity contribution in [1.29, 1.82) is 0 Å². The van der Waals surface area contributed by atoms with Gasteiger partial charge in [0.25, 0.3) is 17.7 Å². The maximum absolute atomic E-state index is 13.2. The lowest BCUT2D eigenvalue weighted by atomic mass is 10.2. The zero-order chi connectivity index (χ0) is 24.3. The average molecular weight is 496 g/mol. The van der Waals surface area contributed by atoms with E-state index >= 15 is 0 Å². The van der Waals surface area contributed by atoms with E-state index in [4.69, 9.17) is 0 Å². The molecular formula is C18H11ClF9NO3. The highest BCUT2D eigenvalue weighted by atomic mass is 35.5. The van der Waals surface area contributed by atoms with E-state index in [0.717, 1.165) is 36.4 Å². The molecule has 14 heteroatoms. The molecule has 0 aromatic heterocycles. The van der Waals surface area contributed by atoms with Crippen LogP contribution in [0.4, 0.5) is 45.2 Å². The lowest BCUT2D eigenvalue weighted by Gasteiger charge is -2.23. The van der Waals surface area contributed by atoms with E-state index in [9.17, 15) is 44.3 Å². The molecule has 176 valence electrons. The third-order valence-electron chi connectivity index (χ3n) is 3.57. The fourth-order valence-corrected chi connectivity index (χ4v) is 2.13. The van der Waals surface area contributed by atoms with Crippen molar-refractivity contribution < 1.29 is 53.8 Å². The van der Waals surface area contributed by atoms with Gasteiger partial charge < -0.3 is 14.8 Å². The van der Waals surface area contributed by atoms with Crippen LogP contribution in [0.2, 0.25) is 0 Å². The van der Waals surface area contributed by atoms with Crippen LogP contribution in [0.5, 0.6) is 11.5 Å². The summed E-state index contributed by atoms with van der Waals surface area (Å²) in [6, 6.07) is 7.40. The third kappa shape index (κ3) is 6.58. The number of alkyl halides is 10. The predicted octanol–water partition coefficient (Wildman–Crippen LogP) is 6.32. The molecule has 0 spiro atoms. The second kappa shape index (κ2) is 9.35. The maximum Gasteiger partial charge on any atom is 0.444 e. The molecule has 0 heterocycles. The Morgan fingerprint density at radius 1 is 0.781 bits per heavy atom. The van der Waals surface area contributed by atoms with Crippen LogP contribution in [0.15, 0.2) is 48.5 Å². The van der Waals surface area contributed by atoms with Gasteiger partial charge in [-0.3, -0.25) is 4.79 Å². The lowest BCUT2D eigenvalue weighted by Crippen LogP contribution is -2.45. The predicted molar refractivity (Wildman–Crippen MR) is 93.7 cm³/mol. The zero-order valence-electron chi connectivity index (χ0n) is 15.3. The maximum atomic E-state index is 13.2. The first-order valence-corrected chi connectivity index (χ1v) is 8.69. The minimum absolute atomic E-state index is 0.0608. The molecule has 2 aromatic carbocycles. The van der Waals surface area contributed by atoms with Gasteiger partial charge in [-0.25, -0.2) is 8.78 Å². The number of ether oxygens (including phenoxy) is 2. The molecule has 2 aromatic rings. The van der Waals surface area contributed by atoms with E-state index in [2.05, 4.69) is 26.4 Å². The van der Waals surface area contributed by atoms with Crippen molar-refractivity contribution in [2.75, 3.05) is 5.32 Å². The average Bonchev–Trinajstić information content (AvgIpc) is 2.68. The Kier molecular flexibility index (Phi) is 7.43. The van der Waals surface area contributed by atoms with Crippen LogP contribution < -0.4 is 14.8 Å². The monoisotopic (exact) mass is 495 g/mol. The summed E-state index contributed by atoms with van der Waals surface area (Å²) >= 11 is 4.65. The number of hydrogen-bond donors (Lipinski definition) is 1. The van der Waals surface area contributed by atoms with E-state index in [-0.39, 0.29) is 11.3 Å². The summed E-state index contributed by atoms with van der Waals surface area (Å²) < 4.78 is 122. The molecule has 32 heavy (non-hydrogen) atoms. The van der Waals surface area contributed by atoms with Crippen molar-refractivity contribution in [2.24, 2.45) is 0 Å². The smallest absolute Gasteiger partial charge is 0.430 e. The van der Waals surface area contributed by atoms with Crippen LogP contribution in [-0.2, 0) is 0 Å². The van der Waals surface area contributed by atoms with E-state index in [1.54, 1.807) is 0 Å². The summed E-state index contributed by atoms with van der Waals surface area (Å²) in [4.78, 5) is 12.1. The first-order chi connectivity index (χ1) is 14.6. The molecule has 2 unspecified atom stereocenters. The molecule has 4 nitrogen and oxygen atoms in total.